The Balaban J connectivity index is 1.80. The second-order valence-electron chi connectivity index (χ2n) is 6.04. The lowest BCUT2D eigenvalue weighted by Crippen LogP contribution is -2.01. The van der Waals surface area contributed by atoms with Gasteiger partial charge in [-0.05, 0) is 38.5 Å². The maximum absolute atomic E-state index is 4.78. The number of hydrogen-bond donors (Lipinski definition) is 0. The zero-order valence-electron chi connectivity index (χ0n) is 14.4. The molecule has 25 heavy (non-hydrogen) atoms. The Kier molecular flexibility index (Phi) is 3.93. The summed E-state index contributed by atoms with van der Waals surface area (Å²) in [6.45, 7) is 6.43. The van der Waals surface area contributed by atoms with E-state index in [0.717, 1.165) is 22.0 Å². The van der Waals surface area contributed by atoms with Crippen LogP contribution in [0, 0.1) is 20.8 Å². The molecule has 4 aromatic rings. The molecule has 0 spiro atoms. The van der Waals surface area contributed by atoms with Gasteiger partial charge < -0.3 is 4.57 Å². The van der Waals surface area contributed by atoms with Crippen molar-refractivity contribution in [2.75, 3.05) is 0 Å². The lowest BCUT2D eigenvalue weighted by atomic mass is 10.2. The number of nitrogens with zero attached hydrogens (tertiary/aromatic N) is 4. The van der Waals surface area contributed by atoms with Crippen LogP contribution in [0.15, 0.2) is 54.3 Å². The lowest BCUT2D eigenvalue weighted by Gasteiger charge is -2.12. The molecule has 0 unspecified atom stereocenters. The predicted molar refractivity (Wildman–Crippen MR) is 102 cm³/mol. The van der Waals surface area contributed by atoms with Crippen molar-refractivity contribution in [3.8, 4) is 27.6 Å². The van der Waals surface area contributed by atoms with Gasteiger partial charge in [0.15, 0.2) is 0 Å². The largest absolute Gasteiger partial charge is 0.318 e. The quantitative estimate of drug-likeness (QED) is 0.525. The molecule has 0 amide bonds. The molecule has 3 heterocycles. The maximum atomic E-state index is 4.78. The lowest BCUT2D eigenvalue weighted by molar-refractivity contribution is 0.955. The highest BCUT2D eigenvalue weighted by Gasteiger charge is 2.16. The molecule has 0 saturated heterocycles. The van der Waals surface area contributed by atoms with Gasteiger partial charge in [-0.3, -0.25) is 9.97 Å². The van der Waals surface area contributed by atoms with Crippen LogP contribution in [-0.2, 0) is 0 Å². The molecule has 3 aromatic heterocycles. The molecular weight excluding hydrogens is 328 g/mol. The Bertz CT molecular complexity index is 1030. The number of hydrogen-bond acceptors (Lipinski definition) is 4. The first-order valence-electron chi connectivity index (χ1n) is 8.12. The normalized spacial score (nSPS) is 11.0. The van der Waals surface area contributed by atoms with E-state index in [-0.39, 0.29) is 0 Å². The van der Waals surface area contributed by atoms with E-state index in [0.29, 0.717) is 0 Å². The second-order valence-corrected chi connectivity index (χ2v) is 6.89. The molecule has 0 aliphatic rings. The van der Waals surface area contributed by atoms with Gasteiger partial charge in [-0.25, -0.2) is 4.98 Å². The molecule has 0 aliphatic carbocycles. The van der Waals surface area contributed by atoms with Crippen molar-refractivity contribution in [2.24, 2.45) is 0 Å². The molecule has 0 atom stereocenters. The van der Waals surface area contributed by atoms with Crippen LogP contribution in [0.3, 0.4) is 0 Å². The average Bonchev–Trinajstić information content (AvgIpc) is 3.22. The predicted octanol–water partition coefficient (Wildman–Crippen LogP) is 4.98. The van der Waals surface area contributed by atoms with Gasteiger partial charge in [0.05, 0.1) is 11.9 Å². The van der Waals surface area contributed by atoms with Crippen LogP contribution in [0.5, 0.6) is 0 Å². The van der Waals surface area contributed by atoms with Crippen molar-refractivity contribution >= 4 is 11.3 Å². The van der Waals surface area contributed by atoms with Crippen LogP contribution >= 0.6 is 11.3 Å². The van der Waals surface area contributed by atoms with Gasteiger partial charge >= 0.3 is 0 Å². The molecule has 0 aliphatic heterocycles. The Hall–Kier alpha value is -2.79. The highest BCUT2D eigenvalue weighted by atomic mass is 32.1. The summed E-state index contributed by atoms with van der Waals surface area (Å²) in [4.78, 5) is 13.3. The van der Waals surface area contributed by atoms with Crippen LogP contribution in [0.1, 0.15) is 17.0 Å². The number of aryl methyl sites for hydroxylation is 2. The van der Waals surface area contributed by atoms with E-state index in [2.05, 4.69) is 71.0 Å². The van der Waals surface area contributed by atoms with E-state index >= 15 is 0 Å². The zero-order valence-corrected chi connectivity index (χ0v) is 15.2. The standard InChI is InChI=1S/C20H18N4S/c1-13-6-4-5-7-19(13)24-14(2)10-16(15(24)3)18-12-25-20(23-18)17-11-21-8-9-22-17/h4-12H,1-3H3. The molecule has 124 valence electrons. The summed E-state index contributed by atoms with van der Waals surface area (Å²) in [7, 11) is 0. The number of aromatic nitrogens is 4. The summed E-state index contributed by atoms with van der Waals surface area (Å²) in [6.07, 6.45) is 5.12. The summed E-state index contributed by atoms with van der Waals surface area (Å²) in [5.74, 6) is 0. The third-order valence-corrected chi connectivity index (χ3v) is 5.21. The van der Waals surface area contributed by atoms with Crippen molar-refractivity contribution in [3.05, 3.63) is 71.3 Å². The number of para-hydroxylation sites is 1. The molecule has 0 bridgehead atoms. The van der Waals surface area contributed by atoms with Gasteiger partial charge in [0.25, 0.3) is 0 Å². The minimum atomic E-state index is 0.812. The molecular formula is C20H18N4S. The fraction of sp³-hybridized carbons (Fsp3) is 0.150. The zero-order chi connectivity index (χ0) is 17.4. The van der Waals surface area contributed by atoms with Gasteiger partial charge in [0.2, 0.25) is 0 Å². The van der Waals surface area contributed by atoms with Crippen molar-refractivity contribution < 1.29 is 0 Å². The van der Waals surface area contributed by atoms with E-state index in [1.165, 1.54) is 22.6 Å². The summed E-state index contributed by atoms with van der Waals surface area (Å²) in [5.41, 5.74) is 7.83. The molecule has 4 nitrogen and oxygen atoms in total. The van der Waals surface area contributed by atoms with Crippen LogP contribution in [0.2, 0.25) is 0 Å². The second kappa shape index (κ2) is 6.26. The van der Waals surface area contributed by atoms with Crippen LogP contribution in [0.25, 0.3) is 27.6 Å². The molecule has 5 heteroatoms. The fourth-order valence-corrected chi connectivity index (χ4v) is 3.91. The minimum absolute atomic E-state index is 0.812. The first kappa shape index (κ1) is 15.7. The first-order chi connectivity index (χ1) is 12.1. The van der Waals surface area contributed by atoms with Crippen molar-refractivity contribution in [3.63, 3.8) is 0 Å². The van der Waals surface area contributed by atoms with Gasteiger partial charge in [0.1, 0.15) is 10.7 Å². The monoisotopic (exact) mass is 346 g/mol. The van der Waals surface area contributed by atoms with Gasteiger partial charge in [-0.15, -0.1) is 11.3 Å². The summed E-state index contributed by atoms with van der Waals surface area (Å²) >= 11 is 1.60. The van der Waals surface area contributed by atoms with Crippen LogP contribution in [0.4, 0.5) is 0 Å². The van der Waals surface area contributed by atoms with E-state index in [4.69, 9.17) is 4.98 Å². The third-order valence-electron chi connectivity index (χ3n) is 4.35. The Morgan fingerprint density at radius 2 is 1.84 bits per heavy atom. The van der Waals surface area contributed by atoms with Gasteiger partial charge in [-0.2, -0.15) is 0 Å². The Morgan fingerprint density at radius 1 is 1.00 bits per heavy atom. The SMILES string of the molecule is Cc1ccccc1-n1c(C)cc(-c2csc(-c3cnccn3)n2)c1C. The average molecular weight is 346 g/mol. The highest BCUT2D eigenvalue weighted by Crippen LogP contribution is 2.33. The van der Waals surface area contributed by atoms with E-state index < -0.39 is 0 Å². The van der Waals surface area contributed by atoms with Crippen LogP contribution in [-0.4, -0.2) is 19.5 Å². The summed E-state index contributed by atoms with van der Waals surface area (Å²) in [5, 5.41) is 2.98. The summed E-state index contributed by atoms with van der Waals surface area (Å²) in [6, 6.07) is 10.7. The third kappa shape index (κ3) is 2.76. The molecule has 1 aromatic carbocycles. The molecule has 0 N–H and O–H groups in total. The highest BCUT2D eigenvalue weighted by molar-refractivity contribution is 7.13. The van der Waals surface area contributed by atoms with E-state index in [1.54, 1.807) is 29.9 Å². The van der Waals surface area contributed by atoms with E-state index in [1.807, 2.05) is 0 Å². The number of thiazole rings is 1. The van der Waals surface area contributed by atoms with Crippen molar-refractivity contribution in [1.82, 2.24) is 19.5 Å². The number of rotatable bonds is 3. The van der Waals surface area contributed by atoms with Crippen molar-refractivity contribution in [1.29, 1.82) is 0 Å². The maximum Gasteiger partial charge on any atom is 0.144 e. The van der Waals surface area contributed by atoms with Crippen LogP contribution < -0.4 is 0 Å². The molecule has 0 saturated carbocycles. The van der Waals surface area contributed by atoms with Gasteiger partial charge in [0, 0.05) is 40.4 Å². The van der Waals surface area contributed by atoms with E-state index in [9.17, 15) is 0 Å². The Labute approximate surface area is 150 Å². The minimum Gasteiger partial charge on any atom is -0.318 e. The number of benzene rings is 1. The molecule has 0 radical (unpaired) electrons. The Morgan fingerprint density at radius 3 is 2.60 bits per heavy atom. The first-order valence-corrected chi connectivity index (χ1v) is 9.00. The molecule has 0 fully saturated rings. The fourth-order valence-electron chi connectivity index (χ4n) is 3.13. The topological polar surface area (TPSA) is 43.6 Å². The molecule has 4 rings (SSSR count). The summed E-state index contributed by atoms with van der Waals surface area (Å²) < 4.78 is 2.30. The smallest absolute Gasteiger partial charge is 0.144 e. The van der Waals surface area contributed by atoms with Crippen molar-refractivity contribution in [2.45, 2.75) is 20.8 Å². The van der Waals surface area contributed by atoms with Gasteiger partial charge in [-0.1, -0.05) is 18.2 Å².